The molecule has 0 unspecified atom stereocenters. The van der Waals surface area contributed by atoms with Crippen LogP contribution in [0.1, 0.15) is 0 Å². The second kappa shape index (κ2) is 2.84. The van der Waals surface area contributed by atoms with Crippen LogP contribution in [0.15, 0.2) is 12.1 Å². The zero-order valence-corrected chi connectivity index (χ0v) is 8.52. The molecular formula is C7H5N5S2. The van der Waals surface area contributed by atoms with Crippen LogP contribution in [0.5, 0.6) is 0 Å². The molecule has 0 spiro atoms. The summed E-state index contributed by atoms with van der Waals surface area (Å²) in [6.07, 6.45) is 0. The molecule has 0 bridgehead atoms. The summed E-state index contributed by atoms with van der Waals surface area (Å²) in [5, 5.41) is 0.695. The quantitative estimate of drug-likeness (QED) is 0.484. The number of anilines is 1. The molecule has 3 N–H and O–H groups in total. The molecule has 0 amide bonds. The first-order valence-electron chi connectivity index (χ1n) is 3.87. The van der Waals surface area contributed by atoms with E-state index in [-0.39, 0.29) is 0 Å². The van der Waals surface area contributed by atoms with E-state index in [9.17, 15) is 0 Å². The molecule has 1 aromatic carbocycles. The lowest BCUT2D eigenvalue weighted by atomic mass is 10.3. The smallest absolute Gasteiger partial charge is 0.198 e. The van der Waals surface area contributed by atoms with Gasteiger partial charge in [0.15, 0.2) is 5.13 Å². The fraction of sp³-hybridized carbons (Fsp3) is 0. The van der Waals surface area contributed by atoms with Crippen molar-refractivity contribution < 1.29 is 0 Å². The Morgan fingerprint density at radius 3 is 3.00 bits per heavy atom. The van der Waals surface area contributed by atoms with Gasteiger partial charge in [-0.2, -0.15) is 8.75 Å². The van der Waals surface area contributed by atoms with Crippen molar-refractivity contribution in [3.8, 4) is 0 Å². The number of hydrogen-bond acceptors (Lipinski definition) is 7. The Labute approximate surface area is 86.9 Å². The second-order valence-electron chi connectivity index (χ2n) is 2.71. The first kappa shape index (κ1) is 8.04. The van der Waals surface area contributed by atoms with E-state index >= 15 is 0 Å². The number of thiazole rings is 1. The highest BCUT2D eigenvalue weighted by atomic mass is 32.1. The van der Waals surface area contributed by atoms with Crippen LogP contribution in [-0.4, -0.2) is 13.7 Å². The van der Waals surface area contributed by atoms with Gasteiger partial charge in [-0.1, -0.05) is 11.3 Å². The number of rotatable bonds is 1. The van der Waals surface area contributed by atoms with E-state index in [1.54, 1.807) is 0 Å². The summed E-state index contributed by atoms with van der Waals surface area (Å²) >= 11 is 2.70. The second-order valence-corrected chi connectivity index (χ2v) is 4.27. The maximum absolute atomic E-state index is 5.30. The van der Waals surface area contributed by atoms with E-state index < -0.39 is 0 Å². The molecule has 7 heteroatoms. The number of hydrazine groups is 1. The number of hydrogen-bond donors (Lipinski definition) is 2. The lowest BCUT2D eigenvalue weighted by Gasteiger charge is -1.86. The van der Waals surface area contributed by atoms with E-state index in [0.29, 0.717) is 5.13 Å². The fourth-order valence-electron chi connectivity index (χ4n) is 1.30. The number of nitrogen functional groups attached to an aromatic ring is 1. The lowest BCUT2D eigenvalue weighted by Crippen LogP contribution is -2.05. The number of benzene rings is 1. The van der Waals surface area contributed by atoms with Crippen LogP contribution < -0.4 is 11.3 Å². The van der Waals surface area contributed by atoms with E-state index in [1.165, 1.54) is 23.1 Å². The molecule has 2 heterocycles. The summed E-state index contributed by atoms with van der Waals surface area (Å²) in [6, 6.07) is 3.93. The van der Waals surface area contributed by atoms with Crippen molar-refractivity contribution in [2.45, 2.75) is 0 Å². The van der Waals surface area contributed by atoms with Gasteiger partial charge in [-0.3, -0.25) is 5.43 Å². The Morgan fingerprint density at radius 1 is 1.21 bits per heavy atom. The van der Waals surface area contributed by atoms with Crippen molar-refractivity contribution in [3.05, 3.63) is 12.1 Å². The minimum absolute atomic E-state index is 0.695. The van der Waals surface area contributed by atoms with Gasteiger partial charge in [-0.25, -0.2) is 10.8 Å². The molecule has 0 aliphatic carbocycles. The first-order valence-corrected chi connectivity index (χ1v) is 5.41. The van der Waals surface area contributed by atoms with Crippen LogP contribution in [0.3, 0.4) is 0 Å². The summed E-state index contributed by atoms with van der Waals surface area (Å²) in [4.78, 5) is 4.32. The minimum Gasteiger partial charge on any atom is -0.300 e. The predicted octanol–water partition coefficient (Wildman–Crippen LogP) is 1.59. The summed E-state index contributed by atoms with van der Waals surface area (Å²) in [5.41, 5.74) is 5.14. The molecule has 2 aromatic heterocycles. The first-order chi connectivity index (χ1) is 6.88. The number of nitrogens with zero attached hydrogens (tertiary/aromatic N) is 3. The summed E-state index contributed by atoms with van der Waals surface area (Å²) in [6.45, 7) is 0. The molecule has 0 aliphatic heterocycles. The van der Waals surface area contributed by atoms with Crippen molar-refractivity contribution in [2.24, 2.45) is 5.84 Å². The number of nitrogens with two attached hydrogens (primary N) is 1. The Morgan fingerprint density at radius 2 is 2.14 bits per heavy atom. The highest BCUT2D eigenvalue weighted by Crippen LogP contribution is 2.30. The van der Waals surface area contributed by atoms with Crippen molar-refractivity contribution in [2.75, 3.05) is 5.43 Å². The van der Waals surface area contributed by atoms with Gasteiger partial charge in [0.1, 0.15) is 16.6 Å². The highest BCUT2D eigenvalue weighted by Gasteiger charge is 2.09. The third-order valence-electron chi connectivity index (χ3n) is 1.91. The maximum atomic E-state index is 5.30. The van der Waals surface area contributed by atoms with Gasteiger partial charge in [0.25, 0.3) is 0 Å². The number of fused-ring (bicyclic) bond motifs is 3. The monoisotopic (exact) mass is 223 g/mol. The molecule has 0 saturated carbocycles. The molecule has 3 rings (SSSR count). The molecule has 0 saturated heterocycles. The van der Waals surface area contributed by atoms with E-state index in [2.05, 4.69) is 19.2 Å². The van der Waals surface area contributed by atoms with Gasteiger partial charge in [0, 0.05) is 0 Å². The third kappa shape index (κ3) is 0.999. The molecular weight excluding hydrogens is 218 g/mol. The van der Waals surface area contributed by atoms with Crippen LogP contribution >= 0.6 is 23.1 Å². The van der Waals surface area contributed by atoms with Gasteiger partial charge >= 0.3 is 0 Å². The predicted molar refractivity (Wildman–Crippen MR) is 58.4 cm³/mol. The van der Waals surface area contributed by atoms with Crippen LogP contribution in [0.25, 0.3) is 21.3 Å². The normalized spacial score (nSPS) is 11.2. The Hall–Kier alpha value is -1.31. The molecule has 3 aromatic rings. The molecule has 0 aliphatic rings. The Kier molecular flexibility index (Phi) is 1.63. The van der Waals surface area contributed by atoms with E-state index in [1.807, 2.05) is 12.1 Å². The zero-order chi connectivity index (χ0) is 9.54. The van der Waals surface area contributed by atoms with Crippen molar-refractivity contribution in [1.29, 1.82) is 0 Å². The SMILES string of the molecule is NNc1nc2c(ccc3nsnc32)s1. The lowest BCUT2D eigenvalue weighted by molar-refractivity contribution is 1.31. The molecule has 0 fully saturated rings. The molecule has 0 atom stereocenters. The van der Waals surface area contributed by atoms with Gasteiger partial charge < -0.3 is 0 Å². The Balaban J connectivity index is 2.49. The summed E-state index contributed by atoms with van der Waals surface area (Å²) in [7, 11) is 0. The molecule has 14 heavy (non-hydrogen) atoms. The van der Waals surface area contributed by atoms with Crippen molar-refractivity contribution in [3.63, 3.8) is 0 Å². The third-order valence-corrected chi connectivity index (χ3v) is 3.40. The van der Waals surface area contributed by atoms with Crippen LogP contribution in [0, 0.1) is 0 Å². The number of nitrogens with one attached hydrogen (secondary N) is 1. The van der Waals surface area contributed by atoms with Crippen molar-refractivity contribution >= 4 is 49.4 Å². The standard InChI is InChI=1S/C7H5N5S2/c8-10-7-9-6-4(13-7)2-1-3-5(6)12-14-11-3/h1-2H,8H2,(H,9,10). The number of aromatic nitrogens is 3. The van der Waals surface area contributed by atoms with Gasteiger partial charge in [-0.15, -0.1) is 0 Å². The average Bonchev–Trinajstić information content (AvgIpc) is 2.82. The van der Waals surface area contributed by atoms with Gasteiger partial charge in [-0.05, 0) is 12.1 Å². The van der Waals surface area contributed by atoms with Crippen LogP contribution in [0.4, 0.5) is 5.13 Å². The minimum atomic E-state index is 0.695. The maximum Gasteiger partial charge on any atom is 0.198 e. The van der Waals surface area contributed by atoms with Gasteiger partial charge in [0.2, 0.25) is 0 Å². The van der Waals surface area contributed by atoms with Crippen molar-refractivity contribution in [1.82, 2.24) is 13.7 Å². The highest BCUT2D eigenvalue weighted by molar-refractivity contribution is 7.22. The van der Waals surface area contributed by atoms with Gasteiger partial charge in [0.05, 0.1) is 16.4 Å². The van der Waals surface area contributed by atoms with E-state index in [4.69, 9.17) is 5.84 Å². The average molecular weight is 223 g/mol. The molecule has 70 valence electrons. The topological polar surface area (TPSA) is 76.7 Å². The van der Waals surface area contributed by atoms with Crippen LogP contribution in [0.2, 0.25) is 0 Å². The van der Waals surface area contributed by atoms with E-state index in [0.717, 1.165) is 21.3 Å². The zero-order valence-electron chi connectivity index (χ0n) is 6.89. The molecule has 5 nitrogen and oxygen atoms in total. The largest absolute Gasteiger partial charge is 0.300 e. The Bertz CT molecular complexity index is 598. The summed E-state index contributed by atoms with van der Waals surface area (Å²) in [5.74, 6) is 5.30. The summed E-state index contributed by atoms with van der Waals surface area (Å²) < 4.78 is 9.42. The van der Waals surface area contributed by atoms with Crippen LogP contribution in [-0.2, 0) is 0 Å². The molecule has 0 radical (unpaired) electrons. The fourth-order valence-corrected chi connectivity index (χ4v) is 2.62.